The number of hydrogen-bond donors (Lipinski definition) is 2. The van der Waals surface area contributed by atoms with Gasteiger partial charge in [-0.25, -0.2) is 0 Å². The summed E-state index contributed by atoms with van der Waals surface area (Å²) < 4.78 is 38.1. The van der Waals surface area contributed by atoms with E-state index in [-0.39, 0.29) is 0 Å². The lowest BCUT2D eigenvalue weighted by Crippen LogP contribution is -2.52. The maximum atomic E-state index is 12.7. The number of rotatable bonds is 3. The van der Waals surface area contributed by atoms with E-state index in [0.717, 1.165) is 6.92 Å². The molecule has 0 saturated heterocycles. The van der Waals surface area contributed by atoms with Crippen LogP contribution in [0.4, 0.5) is 18.9 Å². The van der Waals surface area contributed by atoms with Gasteiger partial charge in [0.25, 0.3) is 0 Å². The number of aliphatic hydroxyl groups is 1. The van der Waals surface area contributed by atoms with E-state index in [1.807, 2.05) is 0 Å². The zero-order valence-electron chi connectivity index (χ0n) is 9.10. The summed E-state index contributed by atoms with van der Waals surface area (Å²) in [5.74, 6) is 0. The highest BCUT2D eigenvalue weighted by Crippen LogP contribution is 2.33. The predicted octanol–water partition coefficient (Wildman–Crippen LogP) is 2.72. The van der Waals surface area contributed by atoms with Crippen LogP contribution in [0.1, 0.15) is 12.5 Å². The Hall–Kier alpha value is -1.23. The molecule has 0 saturated carbocycles. The molecule has 1 unspecified atom stereocenters. The molecule has 0 radical (unpaired) electrons. The zero-order valence-corrected chi connectivity index (χ0v) is 9.10. The highest BCUT2D eigenvalue weighted by Gasteiger charge is 2.51. The zero-order chi connectivity index (χ0) is 12.4. The Bertz CT molecular complexity index is 364. The Morgan fingerprint density at radius 1 is 1.25 bits per heavy atom. The van der Waals surface area contributed by atoms with E-state index in [9.17, 15) is 13.2 Å². The Morgan fingerprint density at radius 3 is 2.25 bits per heavy atom. The Balaban J connectivity index is 2.99. The molecule has 0 aliphatic heterocycles. The summed E-state index contributed by atoms with van der Waals surface area (Å²) in [7, 11) is 0. The first-order valence-corrected chi connectivity index (χ1v) is 4.81. The minimum atomic E-state index is -4.51. The van der Waals surface area contributed by atoms with Gasteiger partial charge < -0.3 is 10.4 Å². The van der Waals surface area contributed by atoms with Crippen molar-refractivity contribution >= 4 is 5.69 Å². The molecule has 0 heterocycles. The van der Waals surface area contributed by atoms with Gasteiger partial charge in [-0.3, -0.25) is 0 Å². The number of para-hydroxylation sites is 1. The molecule has 90 valence electrons. The Kier molecular flexibility index (Phi) is 3.48. The summed E-state index contributed by atoms with van der Waals surface area (Å²) in [6.07, 6.45) is -4.51. The van der Waals surface area contributed by atoms with Crippen molar-refractivity contribution in [3.8, 4) is 0 Å². The van der Waals surface area contributed by atoms with Crippen molar-refractivity contribution in [1.82, 2.24) is 0 Å². The molecule has 0 aliphatic carbocycles. The molecule has 0 aromatic heterocycles. The fourth-order valence-corrected chi connectivity index (χ4v) is 1.21. The maximum Gasteiger partial charge on any atom is 0.413 e. The van der Waals surface area contributed by atoms with Gasteiger partial charge in [-0.2, -0.15) is 13.2 Å². The largest absolute Gasteiger partial charge is 0.413 e. The van der Waals surface area contributed by atoms with E-state index in [0.29, 0.717) is 11.3 Å². The van der Waals surface area contributed by atoms with Gasteiger partial charge in [-0.1, -0.05) is 18.2 Å². The second-order valence-electron chi connectivity index (χ2n) is 3.93. The third kappa shape index (κ3) is 2.47. The smallest absolute Gasteiger partial charge is 0.394 e. The summed E-state index contributed by atoms with van der Waals surface area (Å²) in [6.45, 7) is 1.63. The highest BCUT2D eigenvalue weighted by atomic mass is 19.4. The molecule has 1 aromatic carbocycles. The van der Waals surface area contributed by atoms with Crippen molar-refractivity contribution in [3.63, 3.8) is 0 Å². The summed E-state index contributed by atoms with van der Waals surface area (Å²) >= 11 is 0. The van der Waals surface area contributed by atoms with Crippen LogP contribution in [0.15, 0.2) is 24.3 Å². The van der Waals surface area contributed by atoms with Crippen LogP contribution in [-0.2, 0) is 0 Å². The third-order valence-electron chi connectivity index (χ3n) is 2.50. The lowest BCUT2D eigenvalue weighted by molar-refractivity contribution is -0.182. The molecule has 1 rings (SSSR count). The minimum absolute atomic E-state index is 0.372. The second kappa shape index (κ2) is 4.33. The number of halogens is 3. The number of nitrogens with one attached hydrogen (secondary N) is 1. The van der Waals surface area contributed by atoms with Crippen LogP contribution in [0.25, 0.3) is 0 Å². The first kappa shape index (κ1) is 12.8. The SMILES string of the molecule is Cc1ccccc1NC(C)(CO)C(F)(F)F. The van der Waals surface area contributed by atoms with E-state index < -0.39 is 18.3 Å². The van der Waals surface area contributed by atoms with Gasteiger partial charge in [0.05, 0.1) is 6.61 Å². The van der Waals surface area contributed by atoms with Gasteiger partial charge in [0.15, 0.2) is 5.54 Å². The van der Waals surface area contributed by atoms with Crippen LogP contribution in [0.5, 0.6) is 0 Å². The molecule has 0 fully saturated rings. The molecular formula is C11H14F3NO. The van der Waals surface area contributed by atoms with Gasteiger partial charge in [-0.05, 0) is 25.5 Å². The van der Waals surface area contributed by atoms with Crippen molar-refractivity contribution < 1.29 is 18.3 Å². The fraction of sp³-hybridized carbons (Fsp3) is 0.455. The first-order chi connectivity index (χ1) is 7.30. The normalized spacial score (nSPS) is 15.6. The van der Waals surface area contributed by atoms with Crippen LogP contribution < -0.4 is 5.32 Å². The van der Waals surface area contributed by atoms with Gasteiger partial charge in [-0.15, -0.1) is 0 Å². The molecular weight excluding hydrogens is 219 g/mol. The fourth-order valence-electron chi connectivity index (χ4n) is 1.21. The summed E-state index contributed by atoms with van der Waals surface area (Å²) in [6, 6.07) is 6.64. The monoisotopic (exact) mass is 233 g/mol. The lowest BCUT2D eigenvalue weighted by atomic mass is 10.0. The van der Waals surface area contributed by atoms with Gasteiger partial charge >= 0.3 is 6.18 Å². The second-order valence-corrected chi connectivity index (χ2v) is 3.93. The minimum Gasteiger partial charge on any atom is -0.394 e. The van der Waals surface area contributed by atoms with Crippen molar-refractivity contribution in [2.24, 2.45) is 0 Å². The molecule has 2 N–H and O–H groups in total. The quantitative estimate of drug-likeness (QED) is 0.841. The molecule has 2 nitrogen and oxygen atoms in total. The lowest BCUT2D eigenvalue weighted by Gasteiger charge is -2.32. The van der Waals surface area contributed by atoms with Crippen molar-refractivity contribution in [3.05, 3.63) is 29.8 Å². The van der Waals surface area contributed by atoms with Crippen LogP contribution in [-0.4, -0.2) is 23.4 Å². The van der Waals surface area contributed by atoms with Crippen LogP contribution in [0, 0.1) is 6.92 Å². The molecule has 1 aromatic rings. The topological polar surface area (TPSA) is 32.3 Å². The van der Waals surface area contributed by atoms with Crippen LogP contribution in [0.2, 0.25) is 0 Å². The van der Waals surface area contributed by atoms with E-state index in [1.54, 1.807) is 31.2 Å². The Morgan fingerprint density at radius 2 is 1.81 bits per heavy atom. The maximum absolute atomic E-state index is 12.7. The third-order valence-corrected chi connectivity index (χ3v) is 2.50. The van der Waals surface area contributed by atoms with E-state index in [1.165, 1.54) is 0 Å². The number of aryl methyl sites for hydroxylation is 1. The van der Waals surface area contributed by atoms with Crippen molar-refractivity contribution in [2.45, 2.75) is 25.6 Å². The first-order valence-electron chi connectivity index (χ1n) is 4.81. The average Bonchev–Trinajstić information content (AvgIpc) is 2.19. The van der Waals surface area contributed by atoms with Crippen molar-refractivity contribution in [2.75, 3.05) is 11.9 Å². The number of anilines is 1. The standard InChI is InChI=1S/C11H14F3NO/c1-8-5-3-4-6-9(8)15-10(2,7-16)11(12,13)14/h3-6,15-16H,7H2,1-2H3. The molecule has 5 heteroatoms. The van der Waals surface area contributed by atoms with E-state index in [4.69, 9.17) is 5.11 Å². The summed E-state index contributed by atoms with van der Waals surface area (Å²) in [4.78, 5) is 0. The molecule has 16 heavy (non-hydrogen) atoms. The van der Waals surface area contributed by atoms with Gasteiger partial charge in [0.1, 0.15) is 0 Å². The van der Waals surface area contributed by atoms with Gasteiger partial charge in [0.2, 0.25) is 0 Å². The number of alkyl halides is 3. The van der Waals surface area contributed by atoms with Gasteiger partial charge in [0, 0.05) is 5.69 Å². The molecule has 0 bridgehead atoms. The number of benzene rings is 1. The number of hydrogen-bond acceptors (Lipinski definition) is 2. The molecule has 0 amide bonds. The Labute approximate surface area is 92.1 Å². The average molecular weight is 233 g/mol. The summed E-state index contributed by atoms with van der Waals surface area (Å²) in [5, 5.41) is 11.2. The van der Waals surface area contributed by atoms with E-state index in [2.05, 4.69) is 5.32 Å². The van der Waals surface area contributed by atoms with Crippen LogP contribution >= 0.6 is 0 Å². The van der Waals surface area contributed by atoms with E-state index >= 15 is 0 Å². The summed E-state index contributed by atoms with van der Waals surface area (Å²) in [5.41, 5.74) is -1.25. The highest BCUT2D eigenvalue weighted by molar-refractivity contribution is 5.52. The van der Waals surface area contributed by atoms with Crippen molar-refractivity contribution in [1.29, 1.82) is 0 Å². The number of aliphatic hydroxyl groups excluding tert-OH is 1. The van der Waals surface area contributed by atoms with Crippen LogP contribution in [0.3, 0.4) is 0 Å². The molecule has 1 atom stereocenters. The molecule has 0 spiro atoms. The molecule has 0 aliphatic rings. The predicted molar refractivity (Wildman–Crippen MR) is 56.3 cm³/mol.